The second kappa shape index (κ2) is 4.71. The Morgan fingerprint density at radius 2 is 1.89 bits per heavy atom. The molecule has 0 aromatic rings. The molecule has 0 bridgehead atoms. The van der Waals surface area contributed by atoms with E-state index >= 15 is 0 Å². The molecular formula is C13H20N2O3. The SMILES string of the molecule is CCC1(CN2C(=O)NC(=O)C(C)C2=O)CCCC1. The summed E-state index contributed by atoms with van der Waals surface area (Å²) in [7, 11) is 0. The molecule has 0 radical (unpaired) electrons. The first kappa shape index (κ1) is 13.1. The number of barbiturate groups is 1. The maximum atomic E-state index is 12.0. The van der Waals surface area contributed by atoms with Gasteiger partial charge in [0.05, 0.1) is 0 Å². The fourth-order valence-corrected chi connectivity index (χ4v) is 2.96. The molecule has 1 saturated carbocycles. The van der Waals surface area contributed by atoms with Crippen molar-refractivity contribution in [1.29, 1.82) is 0 Å². The molecule has 1 atom stereocenters. The summed E-state index contributed by atoms with van der Waals surface area (Å²) in [6, 6.07) is -0.553. The molecule has 1 aliphatic carbocycles. The first-order valence-electron chi connectivity index (χ1n) is 6.65. The van der Waals surface area contributed by atoms with Crippen LogP contribution < -0.4 is 5.32 Å². The Bertz CT molecular complexity index is 386. The molecule has 0 aromatic carbocycles. The van der Waals surface area contributed by atoms with Gasteiger partial charge in [-0.3, -0.25) is 19.8 Å². The predicted molar refractivity (Wildman–Crippen MR) is 65.6 cm³/mol. The van der Waals surface area contributed by atoms with Gasteiger partial charge in [-0.25, -0.2) is 4.79 Å². The summed E-state index contributed by atoms with van der Waals surface area (Å²) in [6.07, 6.45) is 5.40. The summed E-state index contributed by atoms with van der Waals surface area (Å²) < 4.78 is 0. The van der Waals surface area contributed by atoms with E-state index in [-0.39, 0.29) is 11.3 Å². The van der Waals surface area contributed by atoms with Crippen LogP contribution in [0.25, 0.3) is 0 Å². The molecule has 0 aromatic heterocycles. The molecule has 1 aliphatic heterocycles. The molecule has 1 heterocycles. The Labute approximate surface area is 107 Å². The highest BCUT2D eigenvalue weighted by molar-refractivity contribution is 6.15. The largest absolute Gasteiger partial charge is 0.330 e. The molecule has 2 aliphatic rings. The monoisotopic (exact) mass is 252 g/mol. The Morgan fingerprint density at radius 3 is 2.44 bits per heavy atom. The number of amides is 4. The quantitative estimate of drug-likeness (QED) is 0.777. The Morgan fingerprint density at radius 1 is 1.28 bits per heavy atom. The van der Waals surface area contributed by atoms with E-state index in [0.717, 1.165) is 32.1 Å². The zero-order valence-electron chi connectivity index (χ0n) is 11.0. The Hall–Kier alpha value is -1.39. The lowest BCUT2D eigenvalue weighted by molar-refractivity contribution is -0.142. The summed E-state index contributed by atoms with van der Waals surface area (Å²) in [5.41, 5.74) is 0.0626. The normalized spacial score (nSPS) is 27.6. The van der Waals surface area contributed by atoms with Gasteiger partial charge in [-0.05, 0) is 31.6 Å². The summed E-state index contributed by atoms with van der Waals surface area (Å²) in [4.78, 5) is 36.4. The minimum atomic E-state index is -0.752. The summed E-state index contributed by atoms with van der Waals surface area (Å²) in [5, 5.41) is 2.25. The number of urea groups is 1. The molecule has 100 valence electrons. The highest BCUT2D eigenvalue weighted by Crippen LogP contribution is 2.41. The van der Waals surface area contributed by atoms with Gasteiger partial charge in [0.2, 0.25) is 11.8 Å². The highest BCUT2D eigenvalue weighted by Gasteiger charge is 2.42. The van der Waals surface area contributed by atoms with Crippen LogP contribution in [0.4, 0.5) is 4.79 Å². The predicted octanol–water partition coefficient (Wildman–Crippen LogP) is 1.67. The van der Waals surface area contributed by atoms with Crippen LogP contribution in [-0.2, 0) is 9.59 Å². The van der Waals surface area contributed by atoms with Crippen LogP contribution >= 0.6 is 0 Å². The van der Waals surface area contributed by atoms with Crippen LogP contribution in [0.15, 0.2) is 0 Å². The molecule has 18 heavy (non-hydrogen) atoms. The molecule has 5 heteroatoms. The van der Waals surface area contributed by atoms with Crippen LogP contribution in [0.3, 0.4) is 0 Å². The van der Waals surface area contributed by atoms with E-state index in [2.05, 4.69) is 12.2 Å². The lowest BCUT2D eigenvalue weighted by atomic mass is 9.82. The first-order valence-corrected chi connectivity index (χ1v) is 6.65. The maximum Gasteiger partial charge on any atom is 0.330 e. The van der Waals surface area contributed by atoms with Gasteiger partial charge in [-0.2, -0.15) is 0 Å². The van der Waals surface area contributed by atoms with E-state index in [9.17, 15) is 14.4 Å². The third-order valence-corrected chi connectivity index (χ3v) is 4.41. The van der Waals surface area contributed by atoms with Gasteiger partial charge in [0.25, 0.3) is 0 Å². The zero-order chi connectivity index (χ0) is 13.3. The molecular weight excluding hydrogens is 232 g/mol. The minimum absolute atomic E-state index is 0.0626. The van der Waals surface area contributed by atoms with Crippen molar-refractivity contribution in [3.8, 4) is 0 Å². The third-order valence-electron chi connectivity index (χ3n) is 4.41. The maximum absolute atomic E-state index is 12.0. The molecule has 2 fully saturated rings. The van der Waals surface area contributed by atoms with Crippen molar-refractivity contribution in [2.24, 2.45) is 11.3 Å². The van der Waals surface area contributed by atoms with Gasteiger partial charge in [-0.1, -0.05) is 19.8 Å². The van der Waals surface area contributed by atoms with Gasteiger partial charge in [-0.15, -0.1) is 0 Å². The van der Waals surface area contributed by atoms with Crippen molar-refractivity contribution >= 4 is 17.8 Å². The van der Waals surface area contributed by atoms with E-state index in [1.165, 1.54) is 4.90 Å². The highest BCUT2D eigenvalue weighted by atomic mass is 16.2. The molecule has 1 unspecified atom stereocenters. The molecule has 5 nitrogen and oxygen atoms in total. The Kier molecular flexibility index (Phi) is 3.41. The van der Waals surface area contributed by atoms with Gasteiger partial charge < -0.3 is 0 Å². The molecule has 4 amide bonds. The van der Waals surface area contributed by atoms with Crippen molar-refractivity contribution < 1.29 is 14.4 Å². The number of hydrogen-bond donors (Lipinski definition) is 1. The number of rotatable bonds is 3. The number of carbonyl (C=O) groups excluding carboxylic acids is 3. The smallest absolute Gasteiger partial charge is 0.277 e. The summed E-state index contributed by atoms with van der Waals surface area (Å²) in [6.45, 7) is 4.10. The standard InChI is InChI=1S/C13H20N2O3/c1-3-13(6-4-5-7-13)8-15-11(17)9(2)10(16)14-12(15)18/h9H,3-8H2,1-2H3,(H,14,16,18). The summed E-state index contributed by atoms with van der Waals surface area (Å²) in [5.74, 6) is -1.60. The fourth-order valence-electron chi connectivity index (χ4n) is 2.96. The number of nitrogens with one attached hydrogen (secondary N) is 1. The average molecular weight is 252 g/mol. The second-order valence-electron chi connectivity index (χ2n) is 5.50. The van der Waals surface area contributed by atoms with E-state index < -0.39 is 17.9 Å². The zero-order valence-corrected chi connectivity index (χ0v) is 11.0. The van der Waals surface area contributed by atoms with Crippen molar-refractivity contribution in [3.63, 3.8) is 0 Å². The van der Waals surface area contributed by atoms with Crippen LogP contribution in [-0.4, -0.2) is 29.3 Å². The van der Waals surface area contributed by atoms with E-state index in [1.807, 2.05) is 0 Å². The molecule has 1 N–H and O–H groups in total. The van der Waals surface area contributed by atoms with Crippen LogP contribution in [0.5, 0.6) is 0 Å². The van der Waals surface area contributed by atoms with Crippen LogP contribution in [0.1, 0.15) is 46.0 Å². The lowest BCUT2D eigenvalue weighted by Crippen LogP contribution is -2.59. The summed E-state index contributed by atoms with van der Waals surface area (Å²) >= 11 is 0. The lowest BCUT2D eigenvalue weighted by Gasteiger charge is -2.36. The number of nitrogens with zero attached hydrogens (tertiary/aromatic N) is 1. The number of hydrogen-bond acceptors (Lipinski definition) is 3. The van der Waals surface area contributed by atoms with Crippen molar-refractivity contribution in [3.05, 3.63) is 0 Å². The van der Waals surface area contributed by atoms with Crippen molar-refractivity contribution in [2.75, 3.05) is 6.54 Å². The minimum Gasteiger partial charge on any atom is -0.277 e. The average Bonchev–Trinajstić information content (AvgIpc) is 2.81. The molecule has 1 saturated heterocycles. The van der Waals surface area contributed by atoms with Crippen molar-refractivity contribution in [2.45, 2.75) is 46.0 Å². The Balaban J connectivity index is 2.14. The van der Waals surface area contributed by atoms with Gasteiger partial charge in [0, 0.05) is 6.54 Å². The topological polar surface area (TPSA) is 66.5 Å². The van der Waals surface area contributed by atoms with Crippen LogP contribution in [0.2, 0.25) is 0 Å². The van der Waals surface area contributed by atoms with Gasteiger partial charge in [0.15, 0.2) is 0 Å². The van der Waals surface area contributed by atoms with E-state index in [0.29, 0.717) is 6.54 Å². The number of carbonyl (C=O) groups is 3. The number of imide groups is 2. The molecule has 2 rings (SSSR count). The van der Waals surface area contributed by atoms with Gasteiger partial charge in [0.1, 0.15) is 5.92 Å². The van der Waals surface area contributed by atoms with E-state index in [1.54, 1.807) is 6.92 Å². The van der Waals surface area contributed by atoms with E-state index in [4.69, 9.17) is 0 Å². The van der Waals surface area contributed by atoms with Crippen molar-refractivity contribution in [1.82, 2.24) is 10.2 Å². The second-order valence-corrected chi connectivity index (χ2v) is 5.50. The van der Waals surface area contributed by atoms with Gasteiger partial charge >= 0.3 is 6.03 Å². The molecule has 0 spiro atoms. The first-order chi connectivity index (χ1) is 8.49. The fraction of sp³-hybridized carbons (Fsp3) is 0.769. The van der Waals surface area contributed by atoms with Crippen LogP contribution in [0, 0.1) is 11.3 Å². The third kappa shape index (κ3) is 2.13.